The number of rotatable bonds is 2. The van der Waals surface area contributed by atoms with Crippen molar-refractivity contribution in [1.29, 1.82) is 0 Å². The Bertz CT molecular complexity index is 397. The number of thiophene rings is 1. The maximum atomic E-state index is 6.77. The van der Waals surface area contributed by atoms with E-state index in [4.69, 9.17) is 11.6 Å². The molecule has 0 amide bonds. The van der Waals surface area contributed by atoms with Crippen molar-refractivity contribution in [3.8, 4) is 0 Å². The molecule has 1 aliphatic carbocycles. The van der Waals surface area contributed by atoms with Gasteiger partial charge in [-0.05, 0) is 58.7 Å². The average molecular weight is 336 g/mol. The van der Waals surface area contributed by atoms with Crippen LogP contribution in [0.3, 0.4) is 0 Å². The molecule has 3 heteroatoms. The monoisotopic (exact) mass is 334 g/mol. The van der Waals surface area contributed by atoms with E-state index in [0.717, 1.165) is 0 Å². The van der Waals surface area contributed by atoms with Crippen molar-refractivity contribution in [2.45, 2.75) is 51.8 Å². The van der Waals surface area contributed by atoms with Crippen LogP contribution in [0, 0.1) is 18.3 Å². The fourth-order valence-electron chi connectivity index (χ4n) is 3.01. The molecule has 0 nitrogen and oxygen atoms in total. The number of halogens is 2. The Kier molecular flexibility index (Phi) is 4.27. The van der Waals surface area contributed by atoms with Crippen molar-refractivity contribution in [2.24, 2.45) is 11.3 Å². The smallest absolute Gasteiger partial charge is 0.0704 e. The van der Waals surface area contributed by atoms with Crippen molar-refractivity contribution < 1.29 is 0 Å². The maximum Gasteiger partial charge on any atom is 0.0704 e. The van der Waals surface area contributed by atoms with E-state index in [1.54, 1.807) is 11.3 Å². The molecule has 0 saturated heterocycles. The van der Waals surface area contributed by atoms with Gasteiger partial charge in [0.25, 0.3) is 0 Å². The summed E-state index contributed by atoms with van der Waals surface area (Å²) in [5.41, 5.74) is 1.72. The number of hydrogen-bond donors (Lipinski definition) is 0. The summed E-state index contributed by atoms with van der Waals surface area (Å²) in [4.78, 5) is 1.36. The van der Waals surface area contributed by atoms with Crippen LogP contribution in [0.25, 0.3) is 0 Å². The van der Waals surface area contributed by atoms with Crippen LogP contribution in [-0.2, 0) is 0 Å². The van der Waals surface area contributed by atoms with E-state index in [9.17, 15) is 0 Å². The lowest BCUT2D eigenvalue weighted by molar-refractivity contribution is 0.133. The Morgan fingerprint density at radius 2 is 2.18 bits per heavy atom. The van der Waals surface area contributed by atoms with Gasteiger partial charge in [0.2, 0.25) is 0 Å². The molecule has 2 unspecified atom stereocenters. The van der Waals surface area contributed by atoms with Gasteiger partial charge in [-0.15, -0.1) is 22.9 Å². The molecule has 0 spiro atoms. The molecular formula is C14H20BrClS. The van der Waals surface area contributed by atoms with Crippen LogP contribution in [0.5, 0.6) is 0 Å². The largest absolute Gasteiger partial charge is 0.133 e. The first-order chi connectivity index (χ1) is 7.92. The van der Waals surface area contributed by atoms with Gasteiger partial charge in [-0.25, -0.2) is 0 Å². The minimum absolute atomic E-state index is 0.174. The minimum Gasteiger partial charge on any atom is -0.133 e. The summed E-state index contributed by atoms with van der Waals surface area (Å²) in [7, 11) is 0. The average Bonchev–Trinajstić information content (AvgIpc) is 2.56. The highest BCUT2D eigenvalue weighted by molar-refractivity contribution is 9.11. The normalized spacial score (nSPS) is 25.8. The van der Waals surface area contributed by atoms with Gasteiger partial charge < -0.3 is 0 Å². The van der Waals surface area contributed by atoms with E-state index in [1.165, 1.54) is 39.9 Å². The zero-order valence-corrected chi connectivity index (χ0v) is 13.9. The minimum atomic E-state index is 0.174. The fourth-order valence-corrected chi connectivity index (χ4v) is 5.53. The maximum absolute atomic E-state index is 6.77. The highest BCUT2D eigenvalue weighted by atomic mass is 79.9. The van der Waals surface area contributed by atoms with E-state index in [0.29, 0.717) is 11.3 Å². The van der Waals surface area contributed by atoms with Crippen LogP contribution < -0.4 is 0 Å². The highest BCUT2D eigenvalue weighted by Gasteiger charge is 2.38. The molecule has 0 aliphatic heterocycles. The molecule has 0 aromatic carbocycles. The van der Waals surface area contributed by atoms with Crippen LogP contribution >= 0.6 is 38.9 Å². The van der Waals surface area contributed by atoms with Crippen LogP contribution in [0.4, 0.5) is 0 Å². The standard InChI is InChI=1S/C14H20BrClS/c1-9-10(8-12(15)17-9)13(16)11-6-4-5-7-14(11,2)3/h8,11,13H,4-7H2,1-3H3. The molecule has 2 atom stereocenters. The van der Waals surface area contributed by atoms with Crippen LogP contribution in [0.1, 0.15) is 55.3 Å². The van der Waals surface area contributed by atoms with E-state index >= 15 is 0 Å². The van der Waals surface area contributed by atoms with Crippen molar-refractivity contribution in [2.75, 3.05) is 0 Å². The zero-order chi connectivity index (χ0) is 12.6. The summed E-state index contributed by atoms with van der Waals surface area (Å²) in [6.45, 7) is 6.93. The summed E-state index contributed by atoms with van der Waals surface area (Å²) in [6.07, 6.45) is 5.28. The van der Waals surface area contributed by atoms with Gasteiger partial charge in [0.1, 0.15) is 0 Å². The third kappa shape index (κ3) is 2.90. The number of alkyl halides is 1. The van der Waals surface area contributed by atoms with Crippen LogP contribution in [-0.4, -0.2) is 0 Å². The van der Waals surface area contributed by atoms with Gasteiger partial charge in [-0.2, -0.15) is 0 Å². The summed E-state index contributed by atoms with van der Waals surface area (Å²) in [5, 5.41) is 0.174. The highest BCUT2D eigenvalue weighted by Crippen LogP contribution is 2.50. The lowest BCUT2D eigenvalue weighted by Gasteiger charge is -2.41. The van der Waals surface area contributed by atoms with Crippen molar-refractivity contribution in [1.82, 2.24) is 0 Å². The second-order valence-electron chi connectivity index (χ2n) is 5.80. The summed E-state index contributed by atoms with van der Waals surface area (Å²) < 4.78 is 1.20. The molecule has 96 valence electrons. The zero-order valence-electron chi connectivity index (χ0n) is 10.7. The van der Waals surface area contributed by atoms with E-state index in [-0.39, 0.29) is 5.38 Å². The predicted molar refractivity (Wildman–Crippen MR) is 81.1 cm³/mol. The van der Waals surface area contributed by atoms with Gasteiger partial charge in [0.15, 0.2) is 0 Å². The summed E-state index contributed by atoms with van der Waals surface area (Å²) >= 11 is 12.1. The third-order valence-corrected chi connectivity index (χ3v) is 6.28. The Morgan fingerprint density at radius 3 is 2.71 bits per heavy atom. The molecule has 2 rings (SSSR count). The molecule has 1 fully saturated rings. The van der Waals surface area contributed by atoms with Crippen molar-refractivity contribution >= 4 is 38.9 Å². The Hall–Kier alpha value is 0.470. The van der Waals surface area contributed by atoms with Gasteiger partial charge in [0.05, 0.1) is 9.16 Å². The Labute approximate surface area is 122 Å². The topological polar surface area (TPSA) is 0 Å². The Balaban J connectivity index is 2.24. The van der Waals surface area contributed by atoms with Crippen LogP contribution in [0.2, 0.25) is 0 Å². The fraction of sp³-hybridized carbons (Fsp3) is 0.714. The second kappa shape index (κ2) is 5.22. The van der Waals surface area contributed by atoms with Crippen LogP contribution in [0.15, 0.2) is 9.85 Å². The van der Waals surface area contributed by atoms with Gasteiger partial charge in [-0.3, -0.25) is 0 Å². The molecule has 0 radical (unpaired) electrons. The van der Waals surface area contributed by atoms with Crippen molar-refractivity contribution in [3.63, 3.8) is 0 Å². The lowest BCUT2D eigenvalue weighted by Crippen LogP contribution is -2.30. The lowest BCUT2D eigenvalue weighted by atomic mass is 9.66. The molecule has 1 aliphatic rings. The number of aryl methyl sites for hydroxylation is 1. The van der Waals surface area contributed by atoms with E-state index < -0.39 is 0 Å². The summed E-state index contributed by atoms with van der Waals surface area (Å²) in [5.74, 6) is 0.609. The third-order valence-electron chi connectivity index (χ3n) is 4.17. The van der Waals surface area contributed by atoms with E-state index in [2.05, 4.69) is 42.8 Å². The summed E-state index contributed by atoms with van der Waals surface area (Å²) in [6, 6.07) is 2.21. The van der Waals surface area contributed by atoms with Gasteiger partial charge in [0, 0.05) is 4.88 Å². The van der Waals surface area contributed by atoms with Gasteiger partial charge in [-0.1, -0.05) is 26.7 Å². The second-order valence-corrected chi connectivity index (χ2v) is 8.91. The van der Waals surface area contributed by atoms with Gasteiger partial charge >= 0.3 is 0 Å². The molecule has 0 N–H and O–H groups in total. The Morgan fingerprint density at radius 1 is 1.47 bits per heavy atom. The molecule has 1 heterocycles. The molecule has 1 aromatic heterocycles. The first kappa shape index (κ1) is 13.9. The van der Waals surface area contributed by atoms with Crippen molar-refractivity contribution in [3.05, 3.63) is 20.3 Å². The molecule has 17 heavy (non-hydrogen) atoms. The first-order valence-electron chi connectivity index (χ1n) is 6.32. The molecule has 1 aromatic rings. The quantitative estimate of drug-likeness (QED) is 0.555. The predicted octanol–water partition coefficient (Wildman–Crippen LogP) is 6.32. The number of hydrogen-bond acceptors (Lipinski definition) is 1. The van der Waals surface area contributed by atoms with E-state index in [1.807, 2.05) is 0 Å². The molecule has 1 saturated carbocycles. The molecular weight excluding hydrogens is 316 g/mol. The first-order valence-corrected chi connectivity index (χ1v) is 8.36. The SMILES string of the molecule is Cc1sc(Br)cc1C(Cl)C1CCCCC1(C)C. The molecule has 0 bridgehead atoms.